The van der Waals surface area contributed by atoms with E-state index < -0.39 is 17.7 Å². The van der Waals surface area contributed by atoms with Gasteiger partial charge in [-0.3, -0.25) is 14.4 Å². The van der Waals surface area contributed by atoms with E-state index in [4.69, 9.17) is 4.84 Å². The second kappa shape index (κ2) is 18.1. The standard InChI is InChI=1S/C41H41N3O7/c1-6-7-8-9-14-38(43-51-30(5)46)41(49)33-19-25-36(26-20-33)44(34-21-15-31(16-22-34)39(47)28(3)42-50-29(4)45)35-23-17-32(18-24-35)40(48)37-13-11-10-12-27(37)2/h10-13,15-26H,6-9,14H2,1-5H3. The molecule has 10 heteroatoms. The van der Waals surface area contributed by atoms with Crippen molar-refractivity contribution in [1.82, 2.24) is 0 Å². The molecule has 0 aliphatic heterocycles. The lowest BCUT2D eigenvalue weighted by molar-refractivity contribution is -0.141. The normalized spacial score (nSPS) is 11.5. The molecule has 4 aromatic carbocycles. The van der Waals surface area contributed by atoms with Crippen LogP contribution in [0.1, 0.15) is 102 Å². The predicted molar refractivity (Wildman–Crippen MR) is 197 cm³/mol. The Hall–Kier alpha value is -6.03. The number of hydrogen-bond acceptors (Lipinski definition) is 10. The highest BCUT2D eigenvalue weighted by atomic mass is 16.7. The van der Waals surface area contributed by atoms with Gasteiger partial charge in [0.2, 0.25) is 11.6 Å². The molecule has 4 aromatic rings. The van der Waals surface area contributed by atoms with Gasteiger partial charge in [-0.25, -0.2) is 9.59 Å². The number of unbranched alkanes of at least 4 members (excludes halogenated alkanes) is 3. The van der Waals surface area contributed by atoms with Gasteiger partial charge in [-0.05, 0) is 105 Å². The first kappa shape index (κ1) is 37.8. The van der Waals surface area contributed by atoms with Crippen molar-refractivity contribution in [3.63, 3.8) is 0 Å². The quantitative estimate of drug-likeness (QED) is 0.0375. The molecule has 0 unspecified atom stereocenters. The fraction of sp³-hybridized carbons (Fsp3) is 0.244. The van der Waals surface area contributed by atoms with Gasteiger partial charge in [-0.1, -0.05) is 60.8 Å². The number of rotatable bonds is 16. The molecule has 0 saturated heterocycles. The Balaban J connectivity index is 1.69. The van der Waals surface area contributed by atoms with E-state index in [1.54, 1.807) is 66.7 Å². The van der Waals surface area contributed by atoms with E-state index in [0.717, 1.165) is 36.9 Å². The van der Waals surface area contributed by atoms with E-state index in [-0.39, 0.29) is 23.0 Å². The molecule has 0 aromatic heterocycles. The number of carbonyl (C=O) groups excluding carboxylic acids is 5. The SMILES string of the molecule is CCCCCCC(=NOC(C)=O)C(=O)c1ccc(N(c2ccc(C(=O)C(C)=NOC(C)=O)cc2)c2ccc(C(=O)c3ccccc3C)cc2)cc1. The van der Waals surface area contributed by atoms with Gasteiger partial charge in [0.1, 0.15) is 11.4 Å². The summed E-state index contributed by atoms with van der Waals surface area (Å²) in [6.07, 6.45) is 4.11. The van der Waals surface area contributed by atoms with Gasteiger partial charge in [0.25, 0.3) is 0 Å². The fourth-order valence-corrected chi connectivity index (χ4v) is 5.30. The van der Waals surface area contributed by atoms with Crippen LogP contribution < -0.4 is 4.90 Å². The summed E-state index contributed by atoms with van der Waals surface area (Å²) in [5.74, 6) is -2.07. The van der Waals surface area contributed by atoms with Crippen LogP contribution in [0.15, 0.2) is 107 Å². The molecule has 0 fully saturated rings. The fourth-order valence-electron chi connectivity index (χ4n) is 5.30. The van der Waals surface area contributed by atoms with Crippen LogP contribution >= 0.6 is 0 Å². The number of nitrogens with zero attached hydrogens (tertiary/aromatic N) is 3. The summed E-state index contributed by atoms with van der Waals surface area (Å²) in [6.45, 7) is 7.89. The molecule has 0 atom stereocenters. The Bertz CT molecular complexity index is 1940. The highest BCUT2D eigenvalue weighted by molar-refractivity contribution is 6.46. The summed E-state index contributed by atoms with van der Waals surface area (Å²) >= 11 is 0. The summed E-state index contributed by atoms with van der Waals surface area (Å²) in [7, 11) is 0. The van der Waals surface area contributed by atoms with Gasteiger partial charge in [-0.2, -0.15) is 0 Å². The molecule has 0 radical (unpaired) electrons. The Morgan fingerprint density at radius 1 is 0.588 bits per heavy atom. The summed E-state index contributed by atoms with van der Waals surface area (Å²) in [6, 6.07) is 28.4. The number of Topliss-reactive ketones (excluding diaryl/α,β-unsaturated/α-hetero) is 2. The largest absolute Gasteiger partial charge is 0.331 e. The Labute approximate surface area is 297 Å². The molecule has 0 aliphatic rings. The molecule has 51 heavy (non-hydrogen) atoms. The smallest absolute Gasteiger partial charge is 0.318 e. The van der Waals surface area contributed by atoms with Crippen molar-refractivity contribution in [1.29, 1.82) is 0 Å². The summed E-state index contributed by atoms with van der Waals surface area (Å²) in [5.41, 5.74) is 5.03. The minimum atomic E-state index is -0.632. The maximum Gasteiger partial charge on any atom is 0.331 e. The first-order valence-corrected chi connectivity index (χ1v) is 16.8. The molecule has 0 aliphatic carbocycles. The van der Waals surface area contributed by atoms with Crippen LogP contribution in [0.4, 0.5) is 17.1 Å². The van der Waals surface area contributed by atoms with Crippen LogP contribution in [0, 0.1) is 6.92 Å². The van der Waals surface area contributed by atoms with Gasteiger partial charge in [0.05, 0.1) is 0 Å². The minimum absolute atomic E-state index is 0.0194. The third-order valence-corrected chi connectivity index (χ3v) is 8.01. The molecule has 10 nitrogen and oxygen atoms in total. The van der Waals surface area contributed by atoms with Crippen LogP contribution in [0.3, 0.4) is 0 Å². The van der Waals surface area contributed by atoms with Crippen molar-refractivity contribution in [2.24, 2.45) is 10.3 Å². The van der Waals surface area contributed by atoms with Gasteiger partial charge in [-0.15, -0.1) is 0 Å². The third-order valence-electron chi connectivity index (χ3n) is 8.01. The first-order chi connectivity index (χ1) is 24.5. The van der Waals surface area contributed by atoms with Crippen molar-refractivity contribution >= 4 is 57.8 Å². The van der Waals surface area contributed by atoms with Gasteiger partial charge < -0.3 is 14.6 Å². The highest BCUT2D eigenvalue weighted by Gasteiger charge is 2.20. The number of aryl methyl sites for hydroxylation is 1. The lowest BCUT2D eigenvalue weighted by atomic mass is 9.98. The number of ketones is 3. The Morgan fingerprint density at radius 3 is 1.59 bits per heavy atom. The van der Waals surface area contributed by atoms with E-state index >= 15 is 0 Å². The molecule has 0 N–H and O–H groups in total. The maximum absolute atomic E-state index is 13.5. The van der Waals surface area contributed by atoms with Crippen LogP contribution in [0.2, 0.25) is 0 Å². The minimum Gasteiger partial charge on any atom is -0.318 e. The Kier molecular flexibility index (Phi) is 13.4. The lowest BCUT2D eigenvalue weighted by Gasteiger charge is -2.26. The average molecular weight is 688 g/mol. The summed E-state index contributed by atoms with van der Waals surface area (Å²) < 4.78 is 0. The summed E-state index contributed by atoms with van der Waals surface area (Å²) in [5, 5.41) is 7.47. The number of carbonyl (C=O) groups is 5. The Morgan fingerprint density at radius 2 is 1.08 bits per heavy atom. The average Bonchev–Trinajstić information content (AvgIpc) is 3.13. The molecule has 0 saturated carbocycles. The van der Waals surface area contributed by atoms with Gasteiger partial charge in [0, 0.05) is 53.2 Å². The second-order valence-corrected chi connectivity index (χ2v) is 12.0. The molecular weight excluding hydrogens is 646 g/mol. The molecule has 0 amide bonds. The first-order valence-electron chi connectivity index (χ1n) is 16.8. The zero-order valence-electron chi connectivity index (χ0n) is 29.5. The van der Waals surface area contributed by atoms with E-state index in [2.05, 4.69) is 22.1 Å². The van der Waals surface area contributed by atoms with Gasteiger partial charge in [0.15, 0.2) is 5.78 Å². The zero-order valence-corrected chi connectivity index (χ0v) is 29.5. The molecule has 0 bridgehead atoms. The second-order valence-electron chi connectivity index (χ2n) is 12.0. The maximum atomic E-state index is 13.5. The van der Waals surface area contributed by atoms with Gasteiger partial charge >= 0.3 is 11.9 Å². The van der Waals surface area contributed by atoms with Crippen molar-refractivity contribution in [3.8, 4) is 0 Å². The number of anilines is 3. The van der Waals surface area contributed by atoms with Crippen LogP contribution in [0.5, 0.6) is 0 Å². The number of hydrogen-bond donors (Lipinski definition) is 0. The predicted octanol–water partition coefficient (Wildman–Crippen LogP) is 8.89. The molecule has 0 heterocycles. The summed E-state index contributed by atoms with van der Waals surface area (Å²) in [4.78, 5) is 73.7. The number of oxime groups is 2. The van der Waals surface area contributed by atoms with E-state index in [0.29, 0.717) is 40.0 Å². The van der Waals surface area contributed by atoms with Crippen molar-refractivity contribution in [2.45, 2.75) is 66.7 Å². The lowest BCUT2D eigenvalue weighted by Crippen LogP contribution is -2.16. The van der Waals surface area contributed by atoms with E-state index in [9.17, 15) is 24.0 Å². The topological polar surface area (TPSA) is 132 Å². The highest BCUT2D eigenvalue weighted by Crippen LogP contribution is 2.35. The van der Waals surface area contributed by atoms with Crippen molar-refractivity contribution in [3.05, 3.63) is 125 Å². The van der Waals surface area contributed by atoms with Crippen LogP contribution in [-0.4, -0.2) is 40.7 Å². The van der Waals surface area contributed by atoms with E-state index in [1.165, 1.54) is 20.8 Å². The van der Waals surface area contributed by atoms with Crippen molar-refractivity contribution in [2.75, 3.05) is 4.90 Å². The molecule has 4 rings (SSSR count). The zero-order chi connectivity index (χ0) is 36.9. The van der Waals surface area contributed by atoms with Crippen molar-refractivity contribution < 1.29 is 33.6 Å². The molecule has 0 spiro atoms. The molecule has 262 valence electrons. The van der Waals surface area contributed by atoms with Crippen LogP contribution in [0.25, 0.3) is 0 Å². The molecular formula is C41H41N3O7. The number of benzene rings is 4. The monoisotopic (exact) mass is 687 g/mol. The third kappa shape index (κ3) is 10.2. The van der Waals surface area contributed by atoms with Crippen LogP contribution in [-0.2, 0) is 19.3 Å². The van der Waals surface area contributed by atoms with E-state index in [1.807, 2.05) is 42.2 Å².